The van der Waals surface area contributed by atoms with E-state index in [9.17, 15) is 9.59 Å². The first-order valence-electron chi connectivity index (χ1n) is 8.17. The Hall–Kier alpha value is -2.34. The number of ether oxygens (including phenoxy) is 2. The van der Waals surface area contributed by atoms with Gasteiger partial charge in [0.2, 0.25) is 0 Å². The van der Waals surface area contributed by atoms with E-state index in [2.05, 4.69) is 4.98 Å². The lowest BCUT2D eigenvalue weighted by Gasteiger charge is -2.35. The van der Waals surface area contributed by atoms with Crippen LogP contribution in [0.3, 0.4) is 0 Å². The molecule has 0 unspecified atom stereocenters. The van der Waals surface area contributed by atoms with Crippen molar-refractivity contribution in [2.45, 2.75) is 32.5 Å². The molecule has 24 heavy (non-hydrogen) atoms. The van der Waals surface area contributed by atoms with Gasteiger partial charge in [-0.15, -0.1) is 0 Å². The van der Waals surface area contributed by atoms with Gasteiger partial charge in [-0.2, -0.15) is 0 Å². The summed E-state index contributed by atoms with van der Waals surface area (Å²) in [7, 11) is 0. The molecule has 1 aromatic heterocycles. The molecule has 2 heterocycles. The zero-order valence-corrected chi connectivity index (χ0v) is 14.0. The molecular weight excluding hydrogens is 308 g/mol. The average Bonchev–Trinajstić information content (AvgIpc) is 2.95. The highest BCUT2D eigenvalue weighted by Crippen LogP contribution is 2.18. The van der Waals surface area contributed by atoms with Gasteiger partial charge in [-0.1, -0.05) is 18.2 Å². The Balaban J connectivity index is 1.53. The second-order valence-electron chi connectivity index (χ2n) is 6.25. The van der Waals surface area contributed by atoms with Crippen LogP contribution in [0.4, 0.5) is 0 Å². The maximum atomic E-state index is 12.2. The highest BCUT2D eigenvalue weighted by molar-refractivity contribution is 5.88. The van der Waals surface area contributed by atoms with Gasteiger partial charge in [-0.05, 0) is 25.5 Å². The number of fused-ring (bicyclic) bond motifs is 1. The molecule has 1 aliphatic heterocycles. The third kappa shape index (κ3) is 3.76. The molecule has 2 atom stereocenters. The lowest BCUT2D eigenvalue weighted by molar-refractivity contribution is -0.156. The molecular formula is C18H22N2O4. The molecule has 0 bridgehead atoms. The number of esters is 1. The number of hydrogen-bond donors (Lipinski definition) is 1. The van der Waals surface area contributed by atoms with Gasteiger partial charge in [0.15, 0.2) is 6.61 Å². The van der Waals surface area contributed by atoms with Crippen molar-refractivity contribution in [1.82, 2.24) is 9.88 Å². The molecule has 6 heteroatoms. The number of benzene rings is 1. The molecule has 2 aromatic rings. The first-order chi connectivity index (χ1) is 11.5. The number of para-hydroxylation sites is 1. The van der Waals surface area contributed by atoms with Crippen molar-refractivity contribution in [3.63, 3.8) is 0 Å². The predicted molar refractivity (Wildman–Crippen MR) is 89.6 cm³/mol. The maximum absolute atomic E-state index is 12.2. The Bertz CT molecular complexity index is 729. The summed E-state index contributed by atoms with van der Waals surface area (Å²) in [6, 6.07) is 7.77. The molecule has 0 spiro atoms. The van der Waals surface area contributed by atoms with Crippen LogP contribution in [-0.4, -0.2) is 53.7 Å². The number of morpholine rings is 1. The Labute approximate surface area is 140 Å². The molecule has 1 fully saturated rings. The third-order valence-electron chi connectivity index (χ3n) is 4.14. The number of aromatic amines is 1. The Kier molecular flexibility index (Phi) is 4.85. The topological polar surface area (TPSA) is 71.6 Å². The van der Waals surface area contributed by atoms with Crippen molar-refractivity contribution in [3.8, 4) is 0 Å². The monoisotopic (exact) mass is 330 g/mol. The zero-order chi connectivity index (χ0) is 17.1. The van der Waals surface area contributed by atoms with E-state index >= 15 is 0 Å². The number of hydrogen-bond acceptors (Lipinski definition) is 4. The van der Waals surface area contributed by atoms with Crippen LogP contribution in [0.25, 0.3) is 10.9 Å². The summed E-state index contributed by atoms with van der Waals surface area (Å²) < 4.78 is 10.8. The molecule has 3 rings (SSSR count). The summed E-state index contributed by atoms with van der Waals surface area (Å²) in [5, 5.41) is 0.997. The van der Waals surface area contributed by atoms with Crippen molar-refractivity contribution in [2.24, 2.45) is 0 Å². The second kappa shape index (κ2) is 7.05. The van der Waals surface area contributed by atoms with Crippen LogP contribution in [0.2, 0.25) is 0 Å². The Morgan fingerprint density at radius 3 is 2.71 bits per heavy atom. The minimum atomic E-state index is -0.401. The van der Waals surface area contributed by atoms with Crippen molar-refractivity contribution in [2.75, 3.05) is 19.7 Å². The van der Waals surface area contributed by atoms with Crippen LogP contribution in [0.1, 0.15) is 19.4 Å². The predicted octanol–water partition coefficient (Wildman–Crippen LogP) is 1.89. The number of carbonyl (C=O) groups excluding carboxylic acids is 2. The normalized spacial score (nSPS) is 21.0. The van der Waals surface area contributed by atoms with Gasteiger partial charge in [-0.25, -0.2) is 0 Å². The van der Waals surface area contributed by atoms with Gasteiger partial charge in [0.1, 0.15) is 0 Å². The smallest absolute Gasteiger partial charge is 0.310 e. The fourth-order valence-electron chi connectivity index (χ4n) is 3.10. The minimum absolute atomic E-state index is 0.000350. The number of aromatic nitrogens is 1. The minimum Gasteiger partial charge on any atom is -0.455 e. The van der Waals surface area contributed by atoms with Crippen LogP contribution < -0.4 is 0 Å². The highest BCUT2D eigenvalue weighted by Gasteiger charge is 2.26. The van der Waals surface area contributed by atoms with Gasteiger partial charge in [0, 0.05) is 30.2 Å². The zero-order valence-electron chi connectivity index (χ0n) is 14.0. The first-order valence-corrected chi connectivity index (χ1v) is 8.17. The van der Waals surface area contributed by atoms with Gasteiger partial charge in [-0.3, -0.25) is 9.59 Å². The fraction of sp³-hybridized carbons (Fsp3) is 0.444. The van der Waals surface area contributed by atoms with E-state index in [1.54, 1.807) is 11.1 Å². The summed E-state index contributed by atoms with van der Waals surface area (Å²) >= 11 is 0. The standard InChI is InChI=1S/C18H22N2O4/c1-12-9-20(10-13(2)24-12)17(21)11-23-18(22)7-14-8-19-16-6-4-3-5-15(14)16/h3-6,8,12-13,19H,7,9-11H2,1-2H3/t12-,13+. The van der Waals surface area contributed by atoms with Crippen molar-refractivity contribution in [1.29, 1.82) is 0 Å². The van der Waals surface area contributed by atoms with E-state index in [0.29, 0.717) is 13.1 Å². The molecule has 1 amide bonds. The molecule has 1 saturated heterocycles. The van der Waals surface area contributed by atoms with Crippen LogP contribution >= 0.6 is 0 Å². The fourth-order valence-corrected chi connectivity index (χ4v) is 3.10. The van der Waals surface area contributed by atoms with Crippen LogP contribution in [0.15, 0.2) is 30.5 Å². The highest BCUT2D eigenvalue weighted by atomic mass is 16.5. The number of nitrogens with zero attached hydrogens (tertiary/aromatic N) is 1. The van der Waals surface area contributed by atoms with Crippen LogP contribution in [0.5, 0.6) is 0 Å². The van der Waals surface area contributed by atoms with E-state index in [1.807, 2.05) is 38.1 Å². The molecule has 1 aromatic carbocycles. The molecule has 6 nitrogen and oxygen atoms in total. The third-order valence-corrected chi connectivity index (χ3v) is 4.14. The summed E-state index contributed by atoms with van der Waals surface area (Å²) in [6.45, 7) is 4.70. The van der Waals surface area contributed by atoms with Gasteiger partial charge in [0.25, 0.3) is 5.91 Å². The molecule has 128 valence electrons. The van der Waals surface area contributed by atoms with E-state index in [4.69, 9.17) is 9.47 Å². The van der Waals surface area contributed by atoms with Gasteiger partial charge < -0.3 is 19.4 Å². The van der Waals surface area contributed by atoms with Crippen molar-refractivity contribution >= 4 is 22.8 Å². The molecule has 1 N–H and O–H groups in total. The summed E-state index contributed by atoms with van der Waals surface area (Å²) in [5.41, 5.74) is 1.85. The number of amides is 1. The van der Waals surface area contributed by atoms with Crippen molar-refractivity contribution in [3.05, 3.63) is 36.0 Å². The number of nitrogens with one attached hydrogen (secondary N) is 1. The SMILES string of the molecule is C[C@@H]1CN(C(=O)COC(=O)Cc2c[nH]c3ccccc23)C[C@H](C)O1. The molecule has 0 saturated carbocycles. The lowest BCUT2D eigenvalue weighted by atomic mass is 10.1. The largest absolute Gasteiger partial charge is 0.455 e. The quantitative estimate of drug-likeness (QED) is 0.869. The van der Waals surface area contributed by atoms with Crippen LogP contribution in [-0.2, 0) is 25.5 Å². The lowest BCUT2D eigenvalue weighted by Crippen LogP contribution is -2.49. The van der Waals surface area contributed by atoms with E-state index in [0.717, 1.165) is 16.5 Å². The van der Waals surface area contributed by atoms with E-state index in [1.165, 1.54) is 0 Å². The van der Waals surface area contributed by atoms with E-state index < -0.39 is 5.97 Å². The second-order valence-corrected chi connectivity index (χ2v) is 6.25. The summed E-state index contributed by atoms with van der Waals surface area (Å²) in [5.74, 6) is -0.577. The number of H-pyrrole nitrogens is 1. The molecule has 0 aliphatic carbocycles. The van der Waals surface area contributed by atoms with Crippen LogP contribution in [0, 0.1) is 0 Å². The summed E-state index contributed by atoms with van der Waals surface area (Å²) in [6.07, 6.45) is 1.95. The average molecular weight is 330 g/mol. The van der Waals surface area contributed by atoms with E-state index in [-0.39, 0.29) is 31.1 Å². The maximum Gasteiger partial charge on any atom is 0.310 e. The van der Waals surface area contributed by atoms with Gasteiger partial charge in [0.05, 0.1) is 18.6 Å². The molecule has 0 radical (unpaired) electrons. The molecule has 1 aliphatic rings. The number of carbonyl (C=O) groups is 2. The Morgan fingerprint density at radius 2 is 1.96 bits per heavy atom. The summed E-state index contributed by atoms with van der Waals surface area (Å²) in [4.78, 5) is 29.0. The van der Waals surface area contributed by atoms with Gasteiger partial charge >= 0.3 is 5.97 Å². The van der Waals surface area contributed by atoms with Crippen molar-refractivity contribution < 1.29 is 19.1 Å². The number of rotatable bonds is 4. The Morgan fingerprint density at radius 1 is 1.25 bits per heavy atom. The first kappa shape index (κ1) is 16.5.